The molecule has 114 valence electrons. The Bertz CT molecular complexity index is 595. The Hall–Kier alpha value is -1.62. The van der Waals surface area contributed by atoms with Crippen LogP contribution in [0, 0.1) is 0 Å². The molecule has 5 heteroatoms. The Balaban J connectivity index is 1.69. The number of nitrogens with zero attached hydrogens (tertiary/aromatic N) is 4. The number of aryl methyl sites for hydroxylation is 2. The third-order valence-corrected chi connectivity index (χ3v) is 4.44. The van der Waals surface area contributed by atoms with Gasteiger partial charge in [0.15, 0.2) is 0 Å². The first kappa shape index (κ1) is 14.3. The Morgan fingerprint density at radius 3 is 2.71 bits per heavy atom. The van der Waals surface area contributed by atoms with Gasteiger partial charge < -0.3 is 5.11 Å². The zero-order valence-electron chi connectivity index (χ0n) is 12.9. The van der Waals surface area contributed by atoms with Crippen LogP contribution in [0.4, 0.5) is 0 Å². The Kier molecular flexibility index (Phi) is 4.10. The first-order valence-corrected chi connectivity index (χ1v) is 7.92. The molecule has 2 aromatic heterocycles. The van der Waals surface area contributed by atoms with Gasteiger partial charge in [-0.1, -0.05) is 19.8 Å². The van der Waals surface area contributed by atoms with Crippen molar-refractivity contribution >= 4 is 0 Å². The molecule has 1 aliphatic carbocycles. The molecular formula is C16H24N4O. The van der Waals surface area contributed by atoms with Crippen LogP contribution in [-0.2, 0) is 19.9 Å². The summed E-state index contributed by atoms with van der Waals surface area (Å²) in [5.74, 6) is 0. The van der Waals surface area contributed by atoms with Crippen LogP contribution in [0.25, 0.3) is 0 Å². The minimum atomic E-state index is -0.547. The maximum Gasteiger partial charge on any atom is 0.101 e. The quantitative estimate of drug-likeness (QED) is 0.920. The van der Waals surface area contributed by atoms with Crippen molar-refractivity contribution in [2.45, 2.75) is 57.6 Å². The van der Waals surface area contributed by atoms with Gasteiger partial charge in [0.25, 0.3) is 0 Å². The molecular weight excluding hydrogens is 264 g/mol. The van der Waals surface area contributed by atoms with Gasteiger partial charge >= 0.3 is 0 Å². The van der Waals surface area contributed by atoms with Gasteiger partial charge in [0, 0.05) is 19.7 Å². The molecule has 0 aromatic carbocycles. The highest BCUT2D eigenvalue weighted by Crippen LogP contribution is 2.29. The van der Waals surface area contributed by atoms with Crippen molar-refractivity contribution in [3.05, 3.63) is 35.4 Å². The molecule has 1 fully saturated rings. The Labute approximate surface area is 125 Å². The zero-order chi connectivity index (χ0) is 14.8. The van der Waals surface area contributed by atoms with E-state index in [1.807, 2.05) is 19.2 Å². The van der Waals surface area contributed by atoms with Crippen LogP contribution in [0.5, 0.6) is 0 Å². The molecule has 1 unspecified atom stereocenters. The van der Waals surface area contributed by atoms with E-state index in [9.17, 15) is 5.11 Å². The number of aliphatic hydroxyl groups is 1. The molecule has 1 N–H and O–H groups in total. The van der Waals surface area contributed by atoms with E-state index in [-0.39, 0.29) is 0 Å². The third-order valence-electron chi connectivity index (χ3n) is 4.44. The summed E-state index contributed by atoms with van der Waals surface area (Å²) >= 11 is 0. The van der Waals surface area contributed by atoms with E-state index in [4.69, 9.17) is 0 Å². The smallest absolute Gasteiger partial charge is 0.101 e. The summed E-state index contributed by atoms with van der Waals surface area (Å²) < 4.78 is 3.85. The minimum Gasteiger partial charge on any atom is -0.386 e. The van der Waals surface area contributed by atoms with E-state index in [1.54, 1.807) is 4.68 Å². The molecule has 0 aliphatic heterocycles. The third kappa shape index (κ3) is 3.02. The van der Waals surface area contributed by atoms with Crippen LogP contribution in [0.15, 0.2) is 18.3 Å². The maximum atomic E-state index is 10.4. The van der Waals surface area contributed by atoms with Crippen molar-refractivity contribution in [3.8, 4) is 0 Å². The van der Waals surface area contributed by atoms with E-state index in [2.05, 4.69) is 28.0 Å². The van der Waals surface area contributed by atoms with Gasteiger partial charge in [-0.2, -0.15) is 10.2 Å². The van der Waals surface area contributed by atoms with Crippen molar-refractivity contribution in [3.63, 3.8) is 0 Å². The average Bonchev–Trinajstić information content (AvgIpc) is 3.17. The number of rotatable bonds is 5. The molecule has 0 saturated heterocycles. The van der Waals surface area contributed by atoms with Gasteiger partial charge in [-0.05, 0) is 31.4 Å². The number of hydrogen-bond acceptors (Lipinski definition) is 3. The van der Waals surface area contributed by atoms with Gasteiger partial charge in [-0.15, -0.1) is 0 Å². The zero-order valence-corrected chi connectivity index (χ0v) is 12.9. The fourth-order valence-corrected chi connectivity index (χ4v) is 3.19. The SMILES string of the molecule is CCc1cc(C(O)Cc2ccn(C3CCCC3)n2)n(C)n1. The summed E-state index contributed by atoms with van der Waals surface area (Å²) in [5, 5.41) is 19.5. The first-order chi connectivity index (χ1) is 10.2. The highest BCUT2D eigenvalue weighted by Gasteiger charge is 2.19. The molecule has 1 aliphatic rings. The number of aromatic nitrogens is 4. The van der Waals surface area contributed by atoms with Crippen LogP contribution in [0.2, 0.25) is 0 Å². The molecule has 21 heavy (non-hydrogen) atoms. The lowest BCUT2D eigenvalue weighted by molar-refractivity contribution is 0.167. The van der Waals surface area contributed by atoms with Crippen LogP contribution in [-0.4, -0.2) is 24.7 Å². The summed E-state index contributed by atoms with van der Waals surface area (Å²) in [6, 6.07) is 4.57. The normalized spacial score (nSPS) is 17.5. The van der Waals surface area contributed by atoms with Gasteiger partial charge in [0.1, 0.15) is 6.10 Å². The topological polar surface area (TPSA) is 55.9 Å². The van der Waals surface area contributed by atoms with E-state index in [0.717, 1.165) is 23.5 Å². The molecule has 0 bridgehead atoms. The Morgan fingerprint density at radius 1 is 1.29 bits per heavy atom. The summed E-state index contributed by atoms with van der Waals surface area (Å²) in [6.45, 7) is 2.07. The van der Waals surface area contributed by atoms with E-state index in [0.29, 0.717) is 12.5 Å². The molecule has 0 amide bonds. The van der Waals surface area contributed by atoms with Crippen molar-refractivity contribution in [2.75, 3.05) is 0 Å². The molecule has 1 saturated carbocycles. The monoisotopic (exact) mass is 288 g/mol. The van der Waals surface area contributed by atoms with Crippen molar-refractivity contribution in [2.24, 2.45) is 7.05 Å². The standard InChI is InChI=1S/C16H24N4O/c1-3-12-10-15(19(2)17-12)16(21)11-13-8-9-20(18-13)14-6-4-5-7-14/h8-10,14,16,21H,3-7,11H2,1-2H3. The Morgan fingerprint density at radius 2 is 2.05 bits per heavy atom. The fourth-order valence-electron chi connectivity index (χ4n) is 3.19. The largest absolute Gasteiger partial charge is 0.386 e. The fraction of sp³-hybridized carbons (Fsp3) is 0.625. The lowest BCUT2D eigenvalue weighted by Crippen LogP contribution is -2.10. The lowest BCUT2D eigenvalue weighted by atomic mass is 10.1. The van der Waals surface area contributed by atoms with Crippen LogP contribution in [0.1, 0.15) is 61.8 Å². The molecule has 1 atom stereocenters. The number of aliphatic hydroxyl groups excluding tert-OH is 1. The molecule has 2 heterocycles. The van der Waals surface area contributed by atoms with Crippen molar-refractivity contribution in [1.29, 1.82) is 0 Å². The van der Waals surface area contributed by atoms with Crippen LogP contribution >= 0.6 is 0 Å². The first-order valence-electron chi connectivity index (χ1n) is 7.92. The lowest BCUT2D eigenvalue weighted by Gasteiger charge is -2.10. The molecule has 0 spiro atoms. The molecule has 3 rings (SSSR count). The van der Waals surface area contributed by atoms with E-state index in [1.165, 1.54) is 25.7 Å². The highest BCUT2D eigenvalue weighted by molar-refractivity contribution is 5.15. The van der Waals surface area contributed by atoms with Gasteiger partial charge in [0.2, 0.25) is 0 Å². The average molecular weight is 288 g/mol. The summed E-state index contributed by atoms with van der Waals surface area (Å²) in [4.78, 5) is 0. The molecule has 5 nitrogen and oxygen atoms in total. The second-order valence-electron chi connectivity index (χ2n) is 5.98. The minimum absolute atomic E-state index is 0.544. The number of hydrogen-bond donors (Lipinski definition) is 1. The summed E-state index contributed by atoms with van der Waals surface area (Å²) in [5.41, 5.74) is 2.83. The van der Waals surface area contributed by atoms with E-state index < -0.39 is 6.10 Å². The van der Waals surface area contributed by atoms with Gasteiger partial charge in [-0.25, -0.2) is 0 Å². The summed E-state index contributed by atoms with van der Waals surface area (Å²) in [6.07, 6.45) is 8.00. The second kappa shape index (κ2) is 6.02. The predicted octanol–water partition coefficient (Wildman–Crippen LogP) is 2.57. The van der Waals surface area contributed by atoms with Crippen LogP contribution in [0.3, 0.4) is 0 Å². The van der Waals surface area contributed by atoms with Crippen LogP contribution < -0.4 is 0 Å². The van der Waals surface area contributed by atoms with Crippen molar-refractivity contribution < 1.29 is 5.11 Å². The summed E-state index contributed by atoms with van der Waals surface area (Å²) in [7, 11) is 1.88. The highest BCUT2D eigenvalue weighted by atomic mass is 16.3. The van der Waals surface area contributed by atoms with Gasteiger partial charge in [-0.3, -0.25) is 9.36 Å². The van der Waals surface area contributed by atoms with Gasteiger partial charge in [0.05, 0.1) is 23.1 Å². The molecule has 2 aromatic rings. The van der Waals surface area contributed by atoms with E-state index >= 15 is 0 Å². The maximum absolute atomic E-state index is 10.4. The van der Waals surface area contributed by atoms with Crippen molar-refractivity contribution in [1.82, 2.24) is 19.6 Å². The predicted molar refractivity (Wildman–Crippen MR) is 81.0 cm³/mol. The molecule has 0 radical (unpaired) electrons. The second-order valence-corrected chi connectivity index (χ2v) is 5.98.